The first-order valence-corrected chi connectivity index (χ1v) is 8.66. The standard InChI is InChI=1S/C13H22N4O3S/c1-4-13(5-2)6-7-17(8-13)12(18)10-11(21(14,19)20)9(3)15-16-10/h4-8H2,1-3H3,(H,15,16)(H2,14,19,20). The van der Waals surface area contributed by atoms with Crippen molar-refractivity contribution >= 4 is 15.9 Å². The summed E-state index contributed by atoms with van der Waals surface area (Å²) in [6.45, 7) is 7.03. The number of primary sulfonamides is 1. The van der Waals surface area contributed by atoms with E-state index in [1.165, 1.54) is 6.92 Å². The van der Waals surface area contributed by atoms with Gasteiger partial charge in [-0.1, -0.05) is 13.8 Å². The minimum Gasteiger partial charge on any atom is -0.337 e. The third-order valence-corrected chi connectivity index (χ3v) is 5.67. The summed E-state index contributed by atoms with van der Waals surface area (Å²) in [6, 6.07) is 0. The van der Waals surface area contributed by atoms with Crippen molar-refractivity contribution in [3.05, 3.63) is 11.4 Å². The first kappa shape index (κ1) is 16.0. The summed E-state index contributed by atoms with van der Waals surface area (Å²) >= 11 is 0. The van der Waals surface area contributed by atoms with E-state index < -0.39 is 10.0 Å². The third-order valence-electron chi connectivity index (χ3n) is 4.60. The Morgan fingerprint density at radius 1 is 1.43 bits per heavy atom. The van der Waals surface area contributed by atoms with Crippen LogP contribution in [0.4, 0.5) is 0 Å². The normalized spacial score (nSPS) is 18.2. The lowest BCUT2D eigenvalue weighted by Gasteiger charge is -2.26. The number of hydrogen-bond acceptors (Lipinski definition) is 4. The van der Waals surface area contributed by atoms with Crippen LogP contribution in [-0.4, -0.2) is 42.5 Å². The number of carbonyl (C=O) groups excluding carboxylic acids is 1. The van der Waals surface area contributed by atoms with Crippen LogP contribution in [0, 0.1) is 12.3 Å². The largest absolute Gasteiger partial charge is 0.337 e. The van der Waals surface area contributed by atoms with E-state index in [-0.39, 0.29) is 27.6 Å². The third kappa shape index (κ3) is 2.82. The number of nitrogens with two attached hydrogens (primary N) is 1. The van der Waals surface area contributed by atoms with Crippen molar-refractivity contribution in [1.82, 2.24) is 15.1 Å². The molecule has 1 aromatic rings. The lowest BCUT2D eigenvalue weighted by atomic mass is 9.82. The van der Waals surface area contributed by atoms with Gasteiger partial charge in [-0.05, 0) is 31.6 Å². The van der Waals surface area contributed by atoms with Crippen LogP contribution in [0.1, 0.15) is 49.3 Å². The Hall–Kier alpha value is -1.41. The second-order valence-electron chi connectivity index (χ2n) is 5.76. The smallest absolute Gasteiger partial charge is 0.275 e. The molecule has 1 fully saturated rings. The molecule has 1 aliphatic heterocycles. The van der Waals surface area contributed by atoms with Crippen LogP contribution in [0.25, 0.3) is 0 Å². The number of H-pyrrole nitrogens is 1. The second kappa shape index (κ2) is 5.42. The van der Waals surface area contributed by atoms with E-state index in [1.54, 1.807) is 4.90 Å². The van der Waals surface area contributed by atoms with Crippen LogP contribution >= 0.6 is 0 Å². The molecule has 0 atom stereocenters. The molecule has 0 spiro atoms. The van der Waals surface area contributed by atoms with Gasteiger partial charge in [0.25, 0.3) is 5.91 Å². The van der Waals surface area contributed by atoms with Crippen LogP contribution in [0.3, 0.4) is 0 Å². The van der Waals surface area contributed by atoms with E-state index in [4.69, 9.17) is 5.14 Å². The number of aryl methyl sites for hydroxylation is 1. The van der Waals surface area contributed by atoms with E-state index >= 15 is 0 Å². The summed E-state index contributed by atoms with van der Waals surface area (Å²) in [4.78, 5) is 14.1. The number of likely N-dealkylation sites (tertiary alicyclic amines) is 1. The first-order chi connectivity index (χ1) is 9.74. The summed E-state index contributed by atoms with van der Waals surface area (Å²) in [7, 11) is -3.98. The molecule has 7 nitrogen and oxygen atoms in total. The zero-order chi connectivity index (χ0) is 15.8. The fourth-order valence-electron chi connectivity index (χ4n) is 3.00. The van der Waals surface area contributed by atoms with Crippen LogP contribution in [-0.2, 0) is 10.0 Å². The lowest BCUT2D eigenvalue weighted by molar-refractivity contribution is 0.0760. The van der Waals surface area contributed by atoms with Gasteiger partial charge in [0.05, 0.1) is 5.69 Å². The Morgan fingerprint density at radius 2 is 2.05 bits per heavy atom. The number of nitrogens with one attached hydrogen (secondary N) is 1. The van der Waals surface area contributed by atoms with Crippen molar-refractivity contribution in [2.24, 2.45) is 10.6 Å². The molecule has 8 heteroatoms. The summed E-state index contributed by atoms with van der Waals surface area (Å²) in [6.07, 6.45) is 2.92. The van der Waals surface area contributed by atoms with Gasteiger partial charge in [0.15, 0.2) is 5.69 Å². The first-order valence-electron chi connectivity index (χ1n) is 7.11. The quantitative estimate of drug-likeness (QED) is 0.864. The Bertz CT molecular complexity index is 646. The Morgan fingerprint density at radius 3 is 2.52 bits per heavy atom. The molecule has 0 aromatic carbocycles. The van der Waals surface area contributed by atoms with Crippen molar-refractivity contribution in [2.45, 2.75) is 44.9 Å². The predicted octanol–water partition coefficient (Wildman–Crippen LogP) is 1.02. The molecule has 1 aliphatic rings. The monoisotopic (exact) mass is 314 g/mol. The van der Waals surface area contributed by atoms with E-state index in [9.17, 15) is 13.2 Å². The van der Waals surface area contributed by atoms with Crippen LogP contribution in [0.5, 0.6) is 0 Å². The van der Waals surface area contributed by atoms with Crippen LogP contribution in [0.2, 0.25) is 0 Å². The Balaban J connectivity index is 2.31. The molecular weight excluding hydrogens is 292 g/mol. The fraction of sp³-hybridized carbons (Fsp3) is 0.692. The van der Waals surface area contributed by atoms with Gasteiger partial charge in [-0.15, -0.1) is 0 Å². The topological polar surface area (TPSA) is 109 Å². The minimum absolute atomic E-state index is 0.0991. The maximum absolute atomic E-state index is 12.6. The zero-order valence-electron chi connectivity index (χ0n) is 12.6. The summed E-state index contributed by atoms with van der Waals surface area (Å²) in [5.41, 5.74) is 0.318. The molecule has 0 unspecified atom stereocenters. The number of rotatable bonds is 4. The average molecular weight is 314 g/mol. The van der Waals surface area contributed by atoms with Crippen molar-refractivity contribution in [3.63, 3.8) is 0 Å². The highest BCUT2D eigenvalue weighted by atomic mass is 32.2. The van der Waals surface area contributed by atoms with Crippen molar-refractivity contribution in [1.29, 1.82) is 0 Å². The zero-order valence-corrected chi connectivity index (χ0v) is 13.5. The molecule has 0 bridgehead atoms. The number of sulfonamides is 1. The molecule has 2 rings (SSSR count). The predicted molar refractivity (Wildman–Crippen MR) is 78.2 cm³/mol. The highest BCUT2D eigenvalue weighted by Crippen LogP contribution is 2.37. The molecular formula is C13H22N4O3S. The summed E-state index contributed by atoms with van der Waals surface area (Å²) in [5.74, 6) is -0.368. The van der Waals surface area contributed by atoms with Gasteiger partial charge in [-0.25, -0.2) is 13.6 Å². The molecule has 1 aromatic heterocycles. The van der Waals surface area contributed by atoms with E-state index in [0.717, 1.165) is 19.3 Å². The fourth-order valence-corrected chi connectivity index (χ4v) is 3.87. The SMILES string of the molecule is CCC1(CC)CCN(C(=O)c2n[nH]c(C)c2S(N)(=O)=O)C1. The van der Waals surface area contributed by atoms with E-state index in [1.807, 2.05) is 0 Å². The van der Waals surface area contributed by atoms with Gasteiger partial charge in [0.2, 0.25) is 10.0 Å². The lowest BCUT2D eigenvalue weighted by Crippen LogP contribution is -2.33. The maximum atomic E-state index is 12.6. The van der Waals surface area contributed by atoms with Gasteiger partial charge in [0, 0.05) is 13.1 Å². The molecule has 2 heterocycles. The maximum Gasteiger partial charge on any atom is 0.275 e. The number of nitrogens with zero attached hydrogens (tertiary/aromatic N) is 2. The number of aromatic amines is 1. The molecule has 1 saturated heterocycles. The highest BCUT2D eigenvalue weighted by Gasteiger charge is 2.39. The molecule has 0 aliphatic carbocycles. The Labute approximate surface area is 124 Å². The number of amides is 1. The highest BCUT2D eigenvalue weighted by molar-refractivity contribution is 7.89. The molecule has 1 amide bonds. The van der Waals surface area contributed by atoms with Gasteiger partial charge < -0.3 is 4.90 Å². The van der Waals surface area contributed by atoms with Crippen molar-refractivity contribution in [3.8, 4) is 0 Å². The van der Waals surface area contributed by atoms with Gasteiger partial charge >= 0.3 is 0 Å². The Kier molecular flexibility index (Phi) is 4.12. The van der Waals surface area contributed by atoms with E-state index in [2.05, 4.69) is 24.0 Å². The number of aromatic nitrogens is 2. The average Bonchev–Trinajstić information content (AvgIpc) is 3.01. The molecule has 0 radical (unpaired) electrons. The van der Waals surface area contributed by atoms with Gasteiger partial charge in [0.1, 0.15) is 4.90 Å². The number of carbonyl (C=O) groups is 1. The van der Waals surface area contributed by atoms with Crippen molar-refractivity contribution < 1.29 is 13.2 Å². The van der Waals surface area contributed by atoms with Crippen LogP contribution < -0.4 is 5.14 Å². The summed E-state index contributed by atoms with van der Waals surface area (Å²) in [5, 5.41) is 11.6. The number of hydrogen-bond donors (Lipinski definition) is 2. The van der Waals surface area contributed by atoms with Crippen LogP contribution in [0.15, 0.2) is 4.90 Å². The van der Waals surface area contributed by atoms with Crippen molar-refractivity contribution in [2.75, 3.05) is 13.1 Å². The second-order valence-corrected chi connectivity index (χ2v) is 7.25. The summed E-state index contributed by atoms with van der Waals surface area (Å²) < 4.78 is 23.3. The van der Waals surface area contributed by atoms with Gasteiger partial charge in [-0.2, -0.15) is 5.10 Å². The molecule has 21 heavy (non-hydrogen) atoms. The molecule has 3 N–H and O–H groups in total. The molecule has 0 saturated carbocycles. The van der Waals surface area contributed by atoms with E-state index in [0.29, 0.717) is 13.1 Å². The molecule has 118 valence electrons. The van der Waals surface area contributed by atoms with Gasteiger partial charge in [-0.3, -0.25) is 9.89 Å². The minimum atomic E-state index is -3.98.